The fourth-order valence-electron chi connectivity index (χ4n) is 3.69. The van der Waals surface area contributed by atoms with Crippen LogP contribution in [0.2, 0.25) is 0 Å². The highest BCUT2D eigenvalue weighted by Crippen LogP contribution is 2.40. The number of nitrogens with zero attached hydrogens (tertiary/aromatic N) is 2. The Balaban J connectivity index is 1.84. The zero-order valence-electron chi connectivity index (χ0n) is 14.7. The van der Waals surface area contributed by atoms with Gasteiger partial charge in [0.25, 0.3) is 0 Å². The number of nitriles is 1. The van der Waals surface area contributed by atoms with Crippen LogP contribution in [0.15, 0.2) is 47.1 Å². The van der Waals surface area contributed by atoms with Gasteiger partial charge in [-0.1, -0.05) is 25.0 Å². The van der Waals surface area contributed by atoms with E-state index in [4.69, 9.17) is 9.15 Å². The smallest absolute Gasteiger partial charge is 0.176 e. The standard InChI is InChI=1S/C22H20N2O2/c1-25-20-9-8-16(11-18(13-23)17-7-4-10-24-14-17)19-12-21(26-22(19)20)15-5-2-3-6-15/h4,7-12,14-15H,2-3,5-6H2,1H3/b18-11-. The summed E-state index contributed by atoms with van der Waals surface area (Å²) in [5.74, 6) is 2.23. The average molecular weight is 344 g/mol. The first-order valence-electron chi connectivity index (χ1n) is 8.93. The normalized spacial score (nSPS) is 15.3. The number of hydrogen-bond acceptors (Lipinski definition) is 4. The van der Waals surface area contributed by atoms with E-state index in [1.807, 2.05) is 30.3 Å². The fourth-order valence-corrected chi connectivity index (χ4v) is 3.69. The Kier molecular flexibility index (Phi) is 4.45. The Morgan fingerprint density at radius 2 is 2.15 bits per heavy atom. The number of furan rings is 1. The van der Waals surface area contributed by atoms with Gasteiger partial charge in [0.1, 0.15) is 5.76 Å². The molecule has 1 saturated carbocycles. The van der Waals surface area contributed by atoms with Gasteiger partial charge in [-0.05, 0) is 42.7 Å². The van der Waals surface area contributed by atoms with Gasteiger partial charge < -0.3 is 9.15 Å². The van der Waals surface area contributed by atoms with E-state index in [1.54, 1.807) is 19.5 Å². The number of aromatic nitrogens is 1. The number of hydrogen-bond donors (Lipinski definition) is 0. The van der Waals surface area contributed by atoms with Gasteiger partial charge in [0.05, 0.1) is 18.8 Å². The molecule has 0 bridgehead atoms. The fraction of sp³-hybridized carbons (Fsp3) is 0.273. The lowest BCUT2D eigenvalue weighted by molar-refractivity contribution is 0.404. The molecule has 1 aliphatic rings. The molecule has 130 valence electrons. The van der Waals surface area contributed by atoms with Crippen LogP contribution < -0.4 is 4.74 Å². The van der Waals surface area contributed by atoms with E-state index in [-0.39, 0.29) is 0 Å². The number of rotatable bonds is 4. The van der Waals surface area contributed by atoms with Crippen LogP contribution in [-0.4, -0.2) is 12.1 Å². The molecule has 1 aliphatic carbocycles. The molecule has 0 spiro atoms. The third kappa shape index (κ3) is 2.97. The molecule has 0 unspecified atom stereocenters. The second-order valence-electron chi connectivity index (χ2n) is 6.64. The molecule has 4 nitrogen and oxygen atoms in total. The number of methoxy groups -OCH3 is 1. The molecule has 0 radical (unpaired) electrons. The predicted molar refractivity (Wildman–Crippen MR) is 102 cm³/mol. The molecule has 4 heteroatoms. The van der Waals surface area contributed by atoms with Gasteiger partial charge in [-0.3, -0.25) is 4.98 Å². The first-order valence-corrected chi connectivity index (χ1v) is 8.93. The van der Waals surface area contributed by atoms with Crippen molar-refractivity contribution in [2.75, 3.05) is 7.11 Å². The van der Waals surface area contributed by atoms with Gasteiger partial charge in [-0.25, -0.2) is 0 Å². The molecule has 4 rings (SSSR count). The summed E-state index contributed by atoms with van der Waals surface area (Å²) in [6.45, 7) is 0. The maximum Gasteiger partial charge on any atom is 0.176 e. The molecule has 2 aromatic heterocycles. The Morgan fingerprint density at radius 1 is 1.31 bits per heavy atom. The van der Waals surface area contributed by atoms with Crippen molar-refractivity contribution in [2.45, 2.75) is 31.6 Å². The van der Waals surface area contributed by atoms with Gasteiger partial charge in [0, 0.05) is 29.3 Å². The Bertz CT molecular complexity index is 990. The van der Waals surface area contributed by atoms with Gasteiger partial charge in [0.2, 0.25) is 0 Å². The van der Waals surface area contributed by atoms with Crippen LogP contribution in [0.1, 0.15) is 48.5 Å². The quantitative estimate of drug-likeness (QED) is 0.582. The second-order valence-corrected chi connectivity index (χ2v) is 6.64. The highest BCUT2D eigenvalue weighted by molar-refractivity contribution is 5.98. The largest absolute Gasteiger partial charge is 0.493 e. The van der Waals surface area contributed by atoms with E-state index in [9.17, 15) is 5.26 Å². The van der Waals surface area contributed by atoms with Crippen molar-refractivity contribution in [3.63, 3.8) is 0 Å². The van der Waals surface area contributed by atoms with Crippen molar-refractivity contribution in [1.29, 1.82) is 5.26 Å². The third-order valence-corrected chi connectivity index (χ3v) is 5.07. The van der Waals surface area contributed by atoms with Crippen LogP contribution in [0.3, 0.4) is 0 Å². The molecule has 1 fully saturated rings. The Labute approximate surface area is 152 Å². The van der Waals surface area contributed by atoms with E-state index < -0.39 is 0 Å². The Hall–Kier alpha value is -3.06. The number of fused-ring (bicyclic) bond motifs is 1. The van der Waals surface area contributed by atoms with Crippen molar-refractivity contribution in [2.24, 2.45) is 0 Å². The maximum atomic E-state index is 9.60. The average Bonchev–Trinajstić information content (AvgIpc) is 3.36. The van der Waals surface area contributed by atoms with Crippen LogP contribution in [0.25, 0.3) is 22.6 Å². The number of pyridine rings is 1. The summed E-state index contributed by atoms with van der Waals surface area (Å²) in [6.07, 6.45) is 10.2. The van der Waals surface area contributed by atoms with Gasteiger partial charge >= 0.3 is 0 Å². The second kappa shape index (κ2) is 7.05. The molecular weight excluding hydrogens is 324 g/mol. The van der Waals surface area contributed by atoms with E-state index in [0.29, 0.717) is 11.5 Å². The van der Waals surface area contributed by atoms with Crippen molar-refractivity contribution in [3.8, 4) is 11.8 Å². The zero-order valence-corrected chi connectivity index (χ0v) is 14.7. The summed E-state index contributed by atoms with van der Waals surface area (Å²) < 4.78 is 11.7. The molecule has 0 N–H and O–H groups in total. The molecular formula is C22H20N2O2. The van der Waals surface area contributed by atoms with E-state index in [0.717, 1.165) is 33.6 Å². The molecule has 0 atom stereocenters. The molecule has 0 saturated heterocycles. The monoisotopic (exact) mass is 344 g/mol. The lowest BCUT2D eigenvalue weighted by Gasteiger charge is -2.04. The SMILES string of the molecule is COc1ccc(/C=C(/C#N)c2cccnc2)c2cc(C3CCCC3)oc12. The summed E-state index contributed by atoms with van der Waals surface area (Å²) >= 11 is 0. The first kappa shape index (κ1) is 16.4. The van der Waals surface area contributed by atoms with E-state index in [2.05, 4.69) is 17.1 Å². The Morgan fingerprint density at radius 3 is 2.85 bits per heavy atom. The van der Waals surface area contributed by atoms with Crippen LogP contribution in [0.5, 0.6) is 5.75 Å². The van der Waals surface area contributed by atoms with Crippen LogP contribution >= 0.6 is 0 Å². The molecule has 2 heterocycles. The molecule has 3 aromatic rings. The lowest BCUT2D eigenvalue weighted by Crippen LogP contribution is -1.87. The third-order valence-electron chi connectivity index (χ3n) is 5.07. The molecule has 1 aromatic carbocycles. The molecule has 26 heavy (non-hydrogen) atoms. The summed E-state index contributed by atoms with van der Waals surface area (Å²) in [7, 11) is 1.65. The van der Waals surface area contributed by atoms with Crippen LogP contribution in [-0.2, 0) is 0 Å². The summed E-state index contributed by atoms with van der Waals surface area (Å²) in [5.41, 5.74) is 3.09. The van der Waals surface area contributed by atoms with Crippen molar-refractivity contribution < 1.29 is 9.15 Å². The van der Waals surface area contributed by atoms with Gasteiger partial charge in [0.15, 0.2) is 11.3 Å². The number of allylic oxidation sites excluding steroid dienone is 1. The summed E-state index contributed by atoms with van der Waals surface area (Å²) in [5, 5.41) is 10.6. The number of ether oxygens (including phenoxy) is 1. The van der Waals surface area contributed by atoms with E-state index >= 15 is 0 Å². The van der Waals surface area contributed by atoms with E-state index in [1.165, 1.54) is 25.7 Å². The zero-order chi connectivity index (χ0) is 17.9. The minimum atomic E-state index is 0.484. The highest BCUT2D eigenvalue weighted by Gasteiger charge is 2.22. The summed E-state index contributed by atoms with van der Waals surface area (Å²) in [6, 6.07) is 12.0. The van der Waals surface area contributed by atoms with Crippen molar-refractivity contribution in [3.05, 3.63) is 59.6 Å². The van der Waals surface area contributed by atoms with Crippen molar-refractivity contribution in [1.82, 2.24) is 4.98 Å². The summed E-state index contributed by atoms with van der Waals surface area (Å²) in [4.78, 5) is 4.11. The molecule has 0 aliphatic heterocycles. The lowest BCUT2D eigenvalue weighted by atomic mass is 10.0. The maximum absolute atomic E-state index is 9.60. The van der Waals surface area contributed by atoms with Gasteiger partial charge in [-0.2, -0.15) is 5.26 Å². The topological polar surface area (TPSA) is 59.0 Å². The highest BCUT2D eigenvalue weighted by atomic mass is 16.5. The minimum Gasteiger partial charge on any atom is -0.493 e. The first-order chi connectivity index (χ1) is 12.8. The van der Waals surface area contributed by atoms with Crippen LogP contribution in [0, 0.1) is 11.3 Å². The predicted octanol–water partition coefficient (Wildman–Crippen LogP) is 5.56. The van der Waals surface area contributed by atoms with Crippen molar-refractivity contribution >= 4 is 22.6 Å². The minimum absolute atomic E-state index is 0.484. The van der Waals surface area contributed by atoms with Crippen LogP contribution in [0.4, 0.5) is 0 Å². The van der Waals surface area contributed by atoms with Gasteiger partial charge in [-0.15, -0.1) is 0 Å². The number of benzene rings is 1. The molecule has 0 amide bonds.